The first-order chi connectivity index (χ1) is 18.1. The Balaban J connectivity index is 1.20. The molecule has 0 atom stereocenters. The van der Waals surface area contributed by atoms with E-state index < -0.39 is 0 Å². The highest BCUT2D eigenvalue weighted by atomic mass is 16.7. The molecule has 1 aromatic heterocycles. The zero-order valence-corrected chi connectivity index (χ0v) is 19.9. The van der Waals surface area contributed by atoms with Crippen molar-refractivity contribution in [2.45, 2.75) is 12.8 Å². The normalized spacial score (nSPS) is 15.1. The molecule has 1 N–H and O–H groups in total. The van der Waals surface area contributed by atoms with Crippen LogP contribution >= 0.6 is 0 Å². The Labute approximate surface area is 212 Å². The zero-order chi connectivity index (χ0) is 25.4. The van der Waals surface area contributed by atoms with Gasteiger partial charge in [-0.1, -0.05) is 36.4 Å². The molecule has 0 spiro atoms. The molecule has 0 bridgehead atoms. The Kier molecular flexibility index (Phi) is 5.80. The fourth-order valence-corrected chi connectivity index (χ4v) is 4.80. The lowest BCUT2D eigenvalue weighted by Gasteiger charge is -2.31. The molecule has 0 saturated carbocycles. The third-order valence-corrected chi connectivity index (χ3v) is 6.80. The molecule has 0 aliphatic carbocycles. The number of piperidine rings is 1. The number of aromatic nitrogens is 2. The quantitative estimate of drug-likeness (QED) is 0.463. The van der Waals surface area contributed by atoms with E-state index >= 15 is 0 Å². The summed E-state index contributed by atoms with van der Waals surface area (Å²) in [6, 6.07) is 21.4. The summed E-state index contributed by atoms with van der Waals surface area (Å²) in [7, 11) is 0. The minimum atomic E-state index is -0.280. The fourth-order valence-electron chi connectivity index (χ4n) is 4.80. The van der Waals surface area contributed by atoms with E-state index in [0.717, 1.165) is 0 Å². The van der Waals surface area contributed by atoms with E-state index in [1.807, 2.05) is 18.2 Å². The minimum Gasteiger partial charge on any atom is -0.454 e. The maximum atomic E-state index is 13.6. The Morgan fingerprint density at radius 2 is 1.57 bits per heavy atom. The van der Waals surface area contributed by atoms with Gasteiger partial charge in [-0.2, -0.15) is 9.78 Å². The second-order valence-electron chi connectivity index (χ2n) is 9.07. The van der Waals surface area contributed by atoms with Crippen molar-refractivity contribution in [1.82, 2.24) is 14.7 Å². The van der Waals surface area contributed by atoms with E-state index in [1.165, 1.54) is 4.68 Å². The number of rotatable bonds is 4. The van der Waals surface area contributed by atoms with E-state index in [0.29, 0.717) is 59.6 Å². The summed E-state index contributed by atoms with van der Waals surface area (Å²) in [5.41, 5.74) is 1.18. The first-order valence-corrected chi connectivity index (χ1v) is 12.2. The largest absolute Gasteiger partial charge is 0.454 e. The van der Waals surface area contributed by atoms with Gasteiger partial charge in [0.2, 0.25) is 12.7 Å². The van der Waals surface area contributed by atoms with Crippen molar-refractivity contribution in [3.63, 3.8) is 0 Å². The monoisotopic (exact) mass is 496 g/mol. The average Bonchev–Trinajstić information content (AvgIpc) is 3.42. The summed E-state index contributed by atoms with van der Waals surface area (Å²) in [5.74, 6) is 0.694. The van der Waals surface area contributed by atoms with Crippen LogP contribution in [0.15, 0.2) is 77.6 Å². The van der Waals surface area contributed by atoms with Gasteiger partial charge in [-0.15, -0.1) is 0 Å². The zero-order valence-electron chi connectivity index (χ0n) is 19.9. The van der Waals surface area contributed by atoms with Gasteiger partial charge < -0.3 is 19.7 Å². The summed E-state index contributed by atoms with van der Waals surface area (Å²) in [5, 5.41) is 8.39. The van der Waals surface area contributed by atoms with Gasteiger partial charge in [0.05, 0.1) is 11.1 Å². The van der Waals surface area contributed by atoms with Crippen LogP contribution < -0.4 is 20.3 Å². The standard InChI is InChI=1S/C28H24N4O5/c33-26(29-19-10-11-23-24(16-19)37-17-36-23)18-12-14-31(15-13-18)28(35)25-21-8-4-5-9-22(21)27(34)32(30-25)20-6-2-1-3-7-20/h1-11,16,18H,12-15,17H2,(H,29,33). The van der Waals surface area contributed by atoms with Crippen molar-refractivity contribution in [1.29, 1.82) is 0 Å². The van der Waals surface area contributed by atoms with Crippen molar-refractivity contribution < 1.29 is 19.1 Å². The summed E-state index contributed by atoms with van der Waals surface area (Å²) in [4.78, 5) is 41.3. The summed E-state index contributed by atoms with van der Waals surface area (Å²) in [6.45, 7) is 1.00. The number of nitrogens with one attached hydrogen (secondary N) is 1. The number of hydrogen-bond acceptors (Lipinski definition) is 6. The lowest BCUT2D eigenvalue weighted by atomic mass is 9.95. The van der Waals surface area contributed by atoms with Gasteiger partial charge in [0.1, 0.15) is 0 Å². The third-order valence-electron chi connectivity index (χ3n) is 6.80. The third kappa shape index (κ3) is 4.29. The number of ether oxygens (including phenoxy) is 2. The van der Waals surface area contributed by atoms with Crippen LogP contribution in [0.4, 0.5) is 5.69 Å². The van der Waals surface area contributed by atoms with Gasteiger partial charge >= 0.3 is 0 Å². The van der Waals surface area contributed by atoms with Crippen molar-refractivity contribution in [3.05, 3.63) is 88.8 Å². The van der Waals surface area contributed by atoms with Crippen LogP contribution in [0.3, 0.4) is 0 Å². The number of anilines is 1. The molecular weight excluding hydrogens is 472 g/mol. The molecule has 6 rings (SSSR count). The van der Waals surface area contributed by atoms with Crippen molar-refractivity contribution in [3.8, 4) is 17.2 Å². The first kappa shape index (κ1) is 22.8. The van der Waals surface area contributed by atoms with E-state index in [1.54, 1.807) is 59.5 Å². The summed E-state index contributed by atoms with van der Waals surface area (Å²) in [6.07, 6.45) is 1.05. The maximum absolute atomic E-state index is 13.6. The molecule has 2 aliphatic heterocycles. The smallest absolute Gasteiger partial charge is 0.279 e. The van der Waals surface area contributed by atoms with E-state index in [4.69, 9.17) is 9.47 Å². The van der Waals surface area contributed by atoms with E-state index in [2.05, 4.69) is 10.4 Å². The van der Waals surface area contributed by atoms with E-state index in [-0.39, 0.29) is 35.8 Å². The molecule has 1 saturated heterocycles. The summed E-state index contributed by atoms with van der Waals surface area (Å²) >= 11 is 0. The first-order valence-electron chi connectivity index (χ1n) is 12.2. The van der Waals surface area contributed by atoms with Crippen LogP contribution in [-0.4, -0.2) is 46.4 Å². The Bertz CT molecular complexity index is 1560. The molecule has 4 aromatic rings. The number of para-hydroxylation sites is 1. The minimum absolute atomic E-state index is 0.0906. The second kappa shape index (κ2) is 9.42. The van der Waals surface area contributed by atoms with Crippen LogP contribution in [0.25, 0.3) is 16.5 Å². The maximum Gasteiger partial charge on any atom is 0.279 e. The van der Waals surface area contributed by atoms with Crippen LogP contribution in [0.2, 0.25) is 0 Å². The number of carbonyl (C=O) groups is 2. The molecule has 0 radical (unpaired) electrons. The Hall–Kier alpha value is -4.66. The molecule has 9 nitrogen and oxygen atoms in total. The Morgan fingerprint density at radius 1 is 0.865 bits per heavy atom. The highest BCUT2D eigenvalue weighted by molar-refractivity contribution is 6.05. The number of fused-ring (bicyclic) bond motifs is 2. The molecule has 1 fully saturated rings. The molecule has 2 amide bonds. The molecule has 37 heavy (non-hydrogen) atoms. The number of amides is 2. The van der Waals surface area contributed by atoms with E-state index in [9.17, 15) is 14.4 Å². The average molecular weight is 497 g/mol. The van der Waals surface area contributed by atoms with Crippen molar-refractivity contribution in [2.75, 3.05) is 25.2 Å². The van der Waals surface area contributed by atoms with Gasteiger partial charge in [0.25, 0.3) is 11.5 Å². The predicted molar refractivity (Wildman–Crippen MR) is 137 cm³/mol. The number of likely N-dealkylation sites (tertiary alicyclic amines) is 1. The van der Waals surface area contributed by atoms with Gasteiger partial charge in [-0.25, -0.2) is 0 Å². The lowest BCUT2D eigenvalue weighted by Crippen LogP contribution is -2.42. The molecular formula is C28H24N4O5. The predicted octanol–water partition coefficient (Wildman–Crippen LogP) is 3.61. The Morgan fingerprint density at radius 3 is 2.35 bits per heavy atom. The SMILES string of the molecule is O=C(Nc1ccc2c(c1)OCO2)C1CCN(C(=O)c2nn(-c3ccccc3)c(=O)c3ccccc23)CC1. The molecule has 9 heteroatoms. The lowest BCUT2D eigenvalue weighted by molar-refractivity contribution is -0.121. The highest BCUT2D eigenvalue weighted by Gasteiger charge is 2.30. The topological polar surface area (TPSA) is 103 Å². The number of carbonyl (C=O) groups excluding carboxylic acids is 2. The summed E-state index contributed by atoms with van der Waals surface area (Å²) < 4.78 is 12.0. The van der Waals surface area contributed by atoms with Gasteiger partial charge in [-0.3, -0.25) is 14.4 Å². The molecule has 2 aliphatic rings. The van der Waals surface area contributed by atoms with Crippen LogP contribution in [0.1, 0.15) is 23.3 Å². The molecule has 186 valence electrons. The highest BCUT2D eigenvalue weighted by Crippen LogP contribution is 2.34. The van der Waals surface area contributed by atoms with Crippen molar-refractivity contribution in [2.24, 2.45) is 5.92 Å². The molecule has 0 unspecified atom stereocenters. The second-order valence-corrected chi connectivity index (χ2v) is 9.07. The molecule has 3 heterocycles. The van der Waals surface area contributed by atoms with Crippen LogP contribution in [0.5, 0.6) is 11.5 Å². The van der Waals surface area contributed by atoms with Crippen molar-refractivity contribution >= 4 is 28.3 Å². The molecule has 3 aromatic carbocycles. The van der Waals surface area contributed by atoms with Crippen LogP contribution in [-0.2, 0) is 4.79 Å². The number of nitrogens with zero attached hydrogens (tertiary/aromatic N) is 3. The van der Waals surface area contributed by atoms with Gasteiger partial charge in [0, 0.05) is 36.1 Å². The van der Waals surface area contributed by atoms with Gasteiger partial charge in [-0.05, 0) is 43.2 Å². The van der Waals surface area contributed by atoms with Crippen LogP contribution in [0, 0.1) is 5.92 Å². The van der Waals surface area contributed by atoms with Gasteiger partial charge in [0.15, 0.2) is 17.2 Å². The number of benzene rings is 3. The fraction of sp³-hybridized carbons (Fsp3) is 0.214. The number of hydrogen-bond donors (Lipinski definition) is 1.